The molecule has 1 aliphatic heterocycles. The van der Waals surface area contributed by atoms with Gasteiger partial charge in [-0.3, -0.25) is 9.59 Å². The number of hydrogen-bond donors (Lipinski definition) is 2. The second kappa shape index (κ2) is 7.00. The minimum Gasteiger partial charge on any atom is -0.345 e. The zero-order chi connectivity index (χ0) is 17.9. The molecule has 4 rings (SSSR count). The molecule has 0 atom stereocenters. The lowest BCUT2D eigenvalue weighted by atomic mass is 9.95. The number of aromatic amines is 1. The number of nitrogens with zero attached hydrogens (tertiary/aromatic N) is 2. The molecular weight excluding hydrogens is 328 g/mol. The Labute approximate surface area is 151 Å². The van der Waals surface area contributed by atoms with Crippen molar-refractivity contribution in [2.45, 2.75) is 12.8 Å². The Hall–Kier alpha value is -3.15. The van der Waals surface area contributed by atoms with Gasteiger partial charge in [-0.25, -0.2) is 4.98 Å². The number of amides is 2. The monoisotopic (exact) mass is 348 g/mol. The summed E-state index contributed by atoms with van der Waals surface area (Å²) in [5.41, 5.74) is 3.16. The number of rotatable bonds is 3. The standard InChI is InChI=1S/C20H20N4O2/c25-19(23-16-4-2-1-3-5-16)14-8-10-24(11-9-14)20(26)15-6-7-17-18(12-15)22-13-21-17/h1-7,12-14H,8-11H2,(H,21,22)(H,23,25). The molecule has 0 saturated carbocycles. The van der Waals surface area contributed by atoms with Gasteiger partial charge in [-0.05, 0) is 43.2 Å². The van der Waals surface area contributed by atoms with Gasteiger partial charge in [0.25, 0.3) is 5.91 Å². The number of anilines is 1. The predicted molar refractivity (Wildman–Crippen MR) is 99.8 cm³/mol. The van der Waals surface area contributed by atoms with E-state index < -0.39 is 0 Å². The summed E-state index contributed by atoms with van der Waals surface area (Å²) in [6.07, 6.45) is 2.98. The topological polar surface area (TPSA) is 78.1 Å². The molecule has 2 aromatic carbocycles. The van der Waals surface area contributed by atoms with E-state index in [9.17, 15) is 9.59 Å². The lowest BCUT2D eigenvalue weighted by Crippen LogP contribution is -2.41. The van der Waals surface area contributed by atoms with E-state index in [1.165, 1.54) is 0 Å². The first-order valence-electron chi connectivity index (χ1n) is 8.79. The van der Waals surface area contributed by atoms with Gasteiger partial charge in [-0.2, -0.15) is 0 Å². The molecule has 2 heterocycles. The number of para-hydroxylation sites is 1. The van der Waals surface area contributed by atoms with Crippen LogP contribution in [0.15, 0.2) is 54.9 Å². The minimum absolute atomic E-state index is 0.00316. The number of benzene rings is 2. The lowest BCUT2D eigenvalue weighted by molar-refractivity contribution is -0.121. The first-order chi connectivity index (χ1) is 12.7. The molecule has 26 heavy (non-hydrogen) atoms. The maximum absolute atomic E-state index is 12.7. The molecule has 0 radical (unpaired) electrons. The van der Waals surface area contributed by atoms with Gasteiger partial charge in [0, 0.05) is 30.3 Å². The van der Waals surface area contributed by atoms with E-state index in [0.717, 1.165) is 16.7 Å². The van der Waals surface area contributed by atoms with Crippen molar-refractivity contribution in [3.63, 3.8) is 0 Å². The van der Waals surface area contributed by atoms with E-state index in [2.05, 4.69) is 15.3 Å². The number of likely N-dealkylation sites (tertiary alicyclic amines) is 1. The maximum atomic E-state index is 12.7. The van der Waals surface area contributed by atoms with E-state index >= 15 is 0 Å². The number of piperidine rings is 1. The van der Waals surface area contributed by atoms with Gasteiger partial charge >= 0.3 is 0 Å². The fraction of sp³-hybridized carbons (Fsp3) is 0.250. The van der Waals surface area contributed by atoms with Crippen molar-refractivity contribution in [1.82, 2.24) is 14.9 Å². The number of aromatic nitrogens is 2. The number of carbonyl (C=O) groups excluding carboxylic acids is 2. The summed E-state index contributed by atoms with van der Waals surface area (Å²) in [4.78, 5) is 34.2. The molecule has 1 saturated heterocycles. The maximum Gasteiger partial charge on any atom is 0.253 e. The van der Waals surface area contributed by atoms with Gasteiger partial charge in [0.15, 0.2) is 0 Å². The molecule has 0 spiro atoms. The van der Waals surface area contributed by atoms with Gasteiger partial charge in [-0.15, -0.1) is 0 Å². The molecule has 2 N–H and O–H groups in total. The first-order valence-corrected chi connectivity index (χ1v) is 8.79. The molecule has 1 fully saturated rings. The fourth-order valence-corrected chi connectivity index (χ4v) is 3.36. The van der Waals surface area contributed by atoms with Gasteiger partial charge < -0.3 is 15.2 Å². The molecule has 1 aromatic heterocycles. The highest BCUT2D eigenvalue weighted by atomic mass is 16.2. The Balaban J connectivity index is 1.36. The lowest BCUT2D eigenvalue weighted by Gasteiger charge is -2.31. The van der Waals surface area contributed by atoms with Gasteiger partial charge in [0.1, 0.15) is 0 Å². The largest absolute Gasteiger partial charge is 0.345 e. The Morgan fingerprint density at radius 1 is 1.08 bits per heavy atom. The fourth-order valence-electron chi connectivity index (χ4n) is 3.36. The van der Waals surface area contributed by atoms with Crippen LogP contribution in [0.4, 0.5) is 5.69 Å². The Morgan fingerprint density at radius 2 is 1.85 bits per heavy atom. The third-order valence-corrected chi connectivity index (χ3v) is 4.86. The van der Waals surface area contributed by atoms with Crippen molar-refractivity contribution in [3.8, 4) is 0 Å². The summed E-state index contributed by atoms with van der Waals surface area (Å²) >= 11 is 0. The van der Waals surface area contributed by atoms with Crippen LogP contribution in [0.5, 0.6) is 0 Å². The van der Waals surface area contributed by atoms with Crippen LogP contribution in [0.25, 0.3) is 11.0 Å². The highest BCUT2D eigenvalue weighted by Crippen LogP contribution is 2.22. The van der Waals surface area contributed by atoms with Crippen molar-refractivity contribution in [3.05, 3.63) is 60.4 Å². The quantitative estimate of drug-likeness (QED) is 0.764. The second-order valence-corrected chi connectivity index (χ2v) is 6.56. The molecule has 0 aliphatic carbocycles. The molecular formula is C20H20N4O2. The SMILES string of the molecule is O=C(Nc1ccccc1)C1CCN(C(=O)c2ccc3nc[nH]c3c2)CC1. The van der Waals surface area contributed by atoms with E-state index in [4.69, 9.17) is 0 Å². The van der Waals surface area contributed by atoms with Gasteiger partial charge in [0.2, 0.25) is 5.91 Å². The van der Waals surface area contributed by atoms with Crippen molar-refractivity contribution in [2.24, 2.45) is 5.92 Å². The first kappa shape index (κ1) is 16.3. The van der Waals surface area contributed by atoms with Crippen LogP contribution in [-0.4, -0.2) is 39.8 Å². The van der Waals surface area contributed by atoms with Crippen molar-refractivity contribution >= 4 is 28.5 Å². The average Bonchev–Trinajstić information content (AvgIpc) is 3.16. The van der Waals surface area contributed by atoms with E-state index in [1.807, 2.05) is 47.4 Å². The Kier molecular flexibility index (Phi) is 4.39. The molecule has 132 valence electrons. The third kappa shape index (κ3) is 3.31. The van der Waals surface area contributed by atoms with Crippen LogP contribution in [0.3, 0.4) is 0 Å². The molecule has 3 aromatic rings. The second-order valence-electron chi connectivity index (χ2n) is 6.56. The minimum atomic E-state index is -0.0608. The number of hydrogen-bond acceptors (Lipinski definition) is 3. The number of nitrogens with one attached hydrogen (secondary N) is 2. The van der Waals surface area contributed by atoms with Crippen LogP contribution < -0.4 is 5.32 Å². The third-order valence-electron chi connectivity index (χ3n) is 4.86. The average molecular weight is 348 g/mol. The Morgan fingerprint density at radius 3 is 2.62 bits per heavy atom. The summed E-state index contributed by atoms with van der Waals surface area (Å²) in [6.45, 7) is 1.18. The molecule has 6 heteroatoms. The van der Waals surface area contributed by atoms with E-state index in [-0.39, 0.29) is 17.7 Å². The highest BCUT2D eigenvalue weighted by Gasteiger charge is 2.28. The zero-order valence-electron chi connectivity index (χ0n) is 14.3. The number of fused-ring (bicyclic) bond motifs is 1. The van der Waals surface area contributed by atoms with Crippen molar-refractivity contribution < 1.29 is 9.59 Å². The molecule has 2 amide bonds. The summed E-state index contributed by atoms with van der Waals surface area (Å²) in [5, 5.41) is 2.95. The summed E-state index contributed by atoms with van der Waals surface area (Å²) in [7, 11) is 0. The Bertz CT molecular complexity index is 927. The highest BCUT2D eigenvalue weighted by molar-refractivity contribution is 5.97. The predicted octanol–water partition coefficient (Wildman–Crippen LogP) is 3.05. The van der Waals surface area contributed by atoms with Crippen LogP contribution >= 0.6 is 0 Å². The van der Waals surface area contributed by atoms with E-state index in [0.29, 0.717) is 31.5 Å². The number of carbonyl (C=O) groups is 2. The summed E-state index contributed by atoms with van der Waals surface area (Å²) in [6, 6.07) is 14.9. The molecule has 6 nitrogen and oxygen atoms in total. The van der Waals surface area contributed by atoms with Crippen LogP contribution in [-0.2, 0) is 4.79 Å². The molecule has 0 bridgehead atoms. The van der Waals surface area contributed by atoms with Crippen molar-refractivity contribution in [1.29, 1.82) is 0 Å². The number of H-pyrrole nitrogens is 1. The van der Waals surface area contributed by atoms with E-state index in [1.54, 1.807) is 12.4 Å². The van der Waals surface area contributed by atoms with Gasteiger partial charge in [-0.1, -0.05) is 18.2 Å². The smallest absolute Gasteiger partial charge is 0.253 e. The zero-order valence-corrected chi connectivity index (χ0v) is 14.3. The van der Waals surface area contributed by atoms with Crippen LogP contribution in [0, 0.1) is 5.92 Å². The summed E-state index contributed by atoms with van der Waals surface area (Å²) in [5.74, 6) is -0.0278. The van der Waals surface area contributed by atoms with Gasteiger partial charge in [0.05, 0.1) is 17.4 Å². The van der Waals surface area contributed by atoms with Crippen LogP contribution in [0.2, 0.25) is 0 Å². The molecule has 1 aliphatic rings. The summed E-state index contributed by atoms with van der Waals surface area (Å²) < 4.78 is 0. The molecule has 0 unspecified atom stereocenters. The van der Waals surface area contributed by atoms with Crippen LogP contribution in [0.1, 0.15) is 23.2 Å². The number of imidazole rings is 1. The van der Waals surface area contributed by atoms with Crippen molar-refractivity contribution in [2.75, 3.05) is 18.4 Å². The normalized spacial score (nSPS) is 15.2.